The van der Waals surface area contributed by atoms with Gasteiger partial charge < -0.3 is 14.5 Å². The van der Waals surface area contributed by atoms with Gasteiger partial charge in [-0.25, -0.2) is 14.4 Å². The zero-order chi connectivity index (χ0) is 23.8. The fraction of sp³-hybridized carbons (Fsp3) is 0.240. The van der Waals surface area contributed by atoms with Crippen molar-refractivity contribution in [1.82, 2.24) is 39.1 Å². The van der Waals surface area contributed by atoms with Gasteiger partial charge in [0.25, 0.3) is 0 Å². The van der Waals surface area contributed by atoms with Crippen LogP contribution in [0.15, 0.2) is 61.1 Å². The Labute approximate surface area is 201 Å². The van der Waals surface area contributed by atoms with Crippen molar-refractivity contribution in [2.45, 2.75) is 32.4 Å². The van der Waals surface area contributed by atoms with Crippen molar-refractivity contribution >= 4 is 11.8 Å². The highest BCUT2D eigenvalue weighted by Crippen LogP contribution is 2.30. The number of nitrogens with zero attached hydrogens (tertiary/aromatic N) is 8. The molecule has 10 heteroatoms. The molecule has 0 radical (unpaired) electrons. The summed E-state index contributed by atoms with van der Waals surface area (Å²) < 4.78 is 20.2. The second kappa shape index (κ2) is 8.79. The Morgan fingerprint density at radius 2 is 1.94 bits per heavy atom. The first-order valence-electron chi connectivity index (χ1n) is 11.6. The van der Waals surface area contributed by atoms with Gasteiger partial charge in [0, 0.05) is 50.6 Å². The molecule has 9 nitrogen and oxygen atoms in total. The minimum Gasteiger partial charge on any atom is -0.344 e. The summed E-state index contributed by atoms with van der Waals surface area (Å²) in [6, 6.07) is 12.8. The highest BCUT2D eigenvalue weighted by atomic mass is 19.1. The Kier molecular flexibility index (Phi) is 5.32. The molecular formula is C25H24FN9. The first-order chi connectivity index (χ1) is 17.2. The molecule has 5 aromatic rings. The zero-order valence-electron chi connectivity index (χ0n) is 19.3. The molecule has 176 valence electrons. The van der Waals surface area contributed by atoms with E-state index in [-0.39, 0.29) is 5.82 Å². The molecule has 1 aliphatic rings. The van der Waals surface area contributed by atoms with Crippen LogP contribution in [0.5, 0.6) is 0 Å². The van der Waals surface area contributed by atoms with Gasteiger partial charge in [0.05, 0.1) is 17.6 Å². The van der Waals surface area contributed by atoms with Crippen LogP contribution in [0.1, 0.15) is 17.8 Å². The second-order valence-electron chi connectivity index (χ2n) is 8.57. The lowest BCUT2D eigenvalue weighted by molar-refractivity contribution is 0.571. The van der Waals surface area contributed by atoms with Gasteiger partial charge >= 0.3 is 0 Å². The Morgan fingerprint density at radius 3 is 2.80 bits per heavy atom. The smallest absolute Gasteiger partial charge is 0.228 e. The topological polar surface area (TPSA) is 91.3 Å². The van der Waals surface area contributed by atoms with Crippen LogP contribution in [0.4, 0.5) is 16.2 Å². The molecule has 6 rings (SSSR count). The lowest BCUT2D eigenvalue weighted by atomic mass is 10.1. The molecular weight excluding hydrogens is 445 g/mol. The summed E-state index contributed by atoms with van der Waals surface area (Å²) in [7, 11) is 1.86. The number of benzene rings is 1. The minimum atomic E-state index is -0.177. The van der Waals surface area contributed by atoms with E-state index in [1.807, 2.05) is 31.3 Å². The number of hydrogen-bond donors (Lipinski definition) is 1. The second-order valence-corrected chi connectivity index (χ2v) is 8.57. The van der Waals surface area contributed by atoms with E-state index in [0.717, 1.165) is 53.9 Å². The third-order valence-electron chi connectivity index (χ3n) is 6.32. The summed E-state index contributed by atoms with van der Waals surface area (Å²) in [6.45, 7) is 1.70. The van der Waals surface area contributed by atoms with Gasteiger partial charge in [-0.05, 0) is 36.6 Å². The molecule has 0 bridgehead atoms. The molecule has 0 saturated carbocycles. The predicted octanol–water partition coefficient (Wildman–Crippen LogP) is 4.01. The van der Waals surface area contributed by atoms with Crippen molar-refractivity contribution in [3.63, 3.8) is 0 Å². The fourth-order valence-electron chi connectivity index (χ4n) is 4.51. The number of rotatable bonds is 6. The highest BCUT2D eigenvalue weighted by molar-refractivity contribution is 5.68. The Balaban J connectivity index is 1.28. The molecule has 0 spiro atoms. The van der Waals surface area contributed by atoms with Crippen LogP contribution in [0.25, 0.3) is 22.8 Å². The largest absolute Gasteiger partial charge is 0.344 e. The number of halogens is 1. The molecule has 0 atom stereocenters. The molecule has 4 aromatic heterocycles. The average molecular weight is 470 g/mol. The fourth-order valence-corrected chi connectivity index (χ4v) is 4.51. The minimum absolute atomic E-state index is 0.177. The zero-order valence-corrected chi connectivity index (χ0v) is 19.3. The van der Waals surface area contributed by atoms with Gasteiger partial charge in [0.1, 0.15) is 17.5 Å². The lowest BCUT2D eigenvalue weighted by Crippen LogP contribution is -2.06. The summed E-state index contributed by atoms with van der Waals surface area (Å²) >= 11 is 0. The molecule has 1 N–H and O–H groups in total. The maximum absolute atomic E-state index is 14.1. The molecule has 0 amide bonds. The number of anilines is 2. The van der Waals surface area contributed by atoms with Crippen LogP contribution in [0.2, 0.25) is 0 Å². The van der Waals surface area contributed by atoms with Gasteiger partial charge in [-0.2, -0.15) is 5.10 Å². The van der Waals surface area contributed by atoms with Crippen LogP contribution >= 0.6 is 0 Å². The van der Waals surface area contributed by atoms with Crippen molar-refractivity contribution in [3.05, 3.63) is 78.3 Å². The van der Waals surface area contributed by atoms with E-state index in [1.54, 1.807) is 23.1 Å². The van der Waals surface area contributed by atoms with Crippen LogP contribution < -0.4 is 5.32 Å². The first kappa shape index (κ1) is 21.2. The van der Waals surface area contributed by atoms with Crippen molar-refractivity contribution in [3.8, 4) is 22.8 Å². The van der Waals surface area contributed by atoms with Crippen LogP contribution in [-0.4, -0.2) is 39.1 Å². The molecule has 35 heavy (non-hydrogen) atoms. The first-order valence-corrected chi connectivity index (χ1v) is 11.6. The van der Waals surface area contributed by atoms with E-state index < -0.39 is 0 Å². The SMILES string of the molecule is Cn1nccc1Nc1nccc(-c2cc3n(c2)CCCn2c(CCc4ccccc4F)nnc2-3)n1. The van der Waals surface area contributed by atoms with E-state index in [1.165, 1.54) is 6.07 Å². The maximum Gasteiger partial charge on any atom is 0.228 e. The Morgan fingerprint density at radius 1 is 1.03 bits per heavy atom. The number of aromatic nitrogens is 8. The third-order valence-corrected chi connectivity index (χ3v) is 6.32. The van der Waals surface area contributed by atoms with Gasteiger partial charge in [-0.3, -0.25) is 4.68 Å². The summed E-state index contributed by atoms with van der Waals surface area (Å²) in [5.74, 6) is 2.85. The number of nitrogens with one attached hydrogen (secondary N) is 1. The Hall–Kier alpha value is -4.34. The predicted molar refractivity (Wildman–Crippen MR) is 129 cm³/mol. The normalized spacial score (nSPS) is 12.7. The van der Waals surface area contributed by atoms with Crippen molar-refractivity contribution in [2.75, 3.05) is 5.32 Å². The lowest BCUT2D eigenvalue weighted by Gasteiger charge is -2.07. The molecule has 0 aliphatic carbocycles. The molecule has 5 heterocycles. The third kappa shape index (κ3) is 4.07. The summed E-state index contributed by atoms with van der Waals surface area (Å²) in [5, 5.41) is 16.4. The number of aryl methyl sites for hydroxylation is 4. The maximum atomic E-state index is 14.1. The standard InChI is InChI=1S/C25H24FN9/c1-33-22(10-12-28-33)30-25-27-11-9-20(29-25)18-15-21-24-32-31-23(35(24)14-4-13-34(21)16-18)8-7-17-5-2-3-6-19(17)26/h2-3,5-6,9-12,15-16H,4,7-8,13-14H2,1H3,(H,27,29,30). The molecule has 1 aromatic carbocycles. The van der Waals surface area contributed by atoms with E-state index in [4.69, 9.17) is 4.98 Å². The summed E-state index contributed by atoms with van der Waals surface area (Å²) in [5.41, 5.74) is 3.50. The monoisotopic (exact) mass is 469 g/mol. The highest BCUT2D eigenvalue weighted by Gasteiger charge is 2.22. The average Bonchev–Trinajstić information content (AvgIpc) is 3.56. The van der Waals surface area contributed by atoms with E-state index in [0.29, 0.717) is 24.4 Å². The van der Waals surface area contributed by atoms with Crippen LogP contribution in [0, 0.1) is 5.82 Å². The van der Waals surface area contributed by atoms with Crippen molar-refractivity contribution in [1.29, 1.82) is 0 Å². The molecule has 0 fully saturated rings. The molecule has 1 aliphatic heterocycles. The van der Waals surface area contributed by atoms with Gasteiger partial charge in [-0.1, -0.05) is 18.2 Å². The van der Waals surface area contributed by atoms with Gasteiger partial charge in [-0.15, -0.1) is 10.2 Å². The quantitative estimate of drug-likeness (QED) is 0.404. The number of fused-ring (bicyclic) bond motifs is 3. The molecule has 0 saturated heterocycles. The van der Waals surface area contributed by atoms with Gasteiger partial charge in [0.2, 0.25) is 5.95 Å². The summed E-state index contributed by atoms with van der Waals surface area (Å²) in [4.78, 5) is 9.05. The van der Waals surface area contributed by atoms with Crippen LogP contribution in [-0.2, 0) is 33.0 Å². The van der Waals surface area contributed by atoms with Crippen molar-refractivity contribution in [2.24, 2.45) is 7.05 Å². The van der Waals surface area contributed by atoms with E-state index in [2.05, 4.69) is 47.0 Å². The van der Waals surface area contributed by atoms with E-state index in [9.17, 15) is 4.39 Å². The van der Waals surface area contributed by atoms with Crippen molar-refractivity contribution < 1.29 is 4.39 Å². The van der Waals surface area contributed by atoms with Gasteiger partial charge in [0.15, 0.2) is 5.82 Å². The summed E-state index contributed by atoms with van der Waals surface area (Å²) in [6.07, 6.45) is 7.75. The van der Waals surface area contributed by atoms with Crippen LogP contribution in [0.3, 0.4) is 0 Å². The van der Waals surface area contributed by atoms with E-state index >= 15 is 0 Å². The Bertz CT molecular complexity index is 1500. The molecule has 0 unspecified atom stereocenters. The number of hydrogen-bond acceptors (Lipinski definition) is 6.